The monoisotopic (exact) mass is 1080 g/mol. The predicted molar refractivity (Wildman–Crippen MR) is 293 cm³/mol. The van der Waals surface area contributed by atoms with Crippen LogP contribution in [-0.4, -0.2) is 148 Å². The molecule has 0 spiro atoms. The summed E-state index contributed by atoms with van der Waals surface area (Å²) in [4.78, 5) is 105. The number of amides is 2. The van der Waals surface area contributed by atoms with E-state index in [1.807, 2.05) is 9.80 Å². The minimum atomic E-state index is -0.938. The van der Waals surface area contributed by atoms with Gasteiger partial charge in [-0.3, -0.25) is 38.4 Å². The number of unbranched alkanes of at least 4 members (excludes halogenated alkanes) is 20. The Balaban J connectivity index is 2.56. The van der Waals surface area contributed by atoms with Crippen LogP contribution in [0.25, 0.3) is 0 Å². The van der Waals surface area contributed by atoms with E-state index in [-0.39, 0.29) is 128 Å². The van der Waals surface area contributed by atoms with Crippen molar-refractivity contribution in [3.63, 3.8) is 0 Å². The lowest BCUT2D eigenvalue weighted by Gasteiger charge is -2.29. The molecule has 0 aromatic carbocycles. The SMILES string of the molecule is CCCCCCCCOC(=O)CCN(CCC(=O)OCCCCCCCC)CCC(=O)OCCC1NC(=O)C(CCOC(=O)CCN(CCC(=O)OCCCCCCCC)CCC(=O)OCCCCCCCC)NC1=O. The molecular weight excluding hydrogens is 977 g/mol. The molecule has 0 aromatic rings. The highest BCUT2D eigenvalue weighted by Gasteiger charge is 2.33. The van der Waals surface area contributed by atoms with Crippen LogP contribution in [-0.2, 0) is 66.8 Å². The van der Waals surface area contributed by atoms with Gasteiger partial charge in [-0.25, -0.2) is 0 Å². The second kappa shape index (κ2) is 49.0. The normalized spacial score (nSPS) is 14.3. The first-order valence-corrected chi connectivity index (χ1v) is 29.9. The maximum absolute atomic E-state index is 13.0. The van der Waals surface area contributed by atoms with E-state index in [4.69, 9.17) is 28.4 Å². The average molecular weight is 1080 g/mol. The molecule has 1 fully saturated rings. The van der Waals surface area contributed by atoms with E-state index in [0.29, 0.717) is 26.4 Å². The minimum Gasteiger partial charge on any atom is -0.466 e. The zero-order valence-electron chi connectivity index (χ0n) is 47.9. The van der Waals surface area contributed by atoms with Crippen molar-refractivity contribution in [3.05, 3.63) is 0 Å². The van der Waals surface area contributed by atoms with E-state index >= 15 is 0 Å². The molecule has 0 aliphatic carbocycles. The van der Waals surface area contributed by atoms with Gasteiger partial charge >= 0.3 is 35.8 Å². The summed E-state index contributed by atoms with van der Waals surface area (Å²) in [5, 5.41) is 5.34. The van der Waals surface area contributed by atoms with Crippen LogP contribution in [0.4, 0.5) is 0 Å². The van der Waals surface area contributed by atoms with Crippen LogP contribution in [0.3, 0.4) is 0 Å². The van der Waals surface area contributed by atoms with Gasteiger partial charge in [0.2, 0.25) is 11.8 Å². The molecule has 2 atom stereocenters. The second-order valence-corrected chi connectivity index (χ2v) is 20.3. The van der Waals surface area contributed by atoms with Gasteiger partial charge in [0.15, 0.2) is 0 Å². The van der Waals surface area contributed by atoms with E-state index in [0.717, 1.165) is 77.0 Å². The largest absolute Gasteiger partial charge is 0.466 e. The Labute approximate surface area is 457 Å². The van der Waals surface area contributed by atoms with Gasteiger partial charge in [0.1, 0.15) is 12.1 Å². The quantitative estimate of drug-likeness (QED) is 0.0329. The maximum atomic E-state index is 13.0. The van der Waals surface area contributed by atoms with Crippen molar-refractivity contribution in [2.45, 2.75) is 245 Å². The van der Waals surface area contributed by atoms with Crippen molar-refractivity contribution in [2.75, 3.05) is 78.9 Å². The van der Waals surface area contributed by atoms with Crippen LogP contribution >= 0.6 is 0 Å². The lowest BCUT2D eigenvalue weighted by atomic mass is 10.1. The number of rotatable bonds is 52. The number of nitrogens with one attached hydrogen (secondary N) is 2. The zero-order valence-corrected chi connectivity index (χ0v) is 47.9. The summed E-state index contributed by atoms with van der Waals surface area (Å²) in [5.74, 6) is -3.33. The molecule has 0 saturated carbocycles. The second-order valence-electron chi connectivity index (χ2n) is 20.3. The molecule has 2 N–H and O–H groups in total. The van der Waals surface area contributed by atoms with Gasteiger partial charge < -0.3 is 48.9 Å². The van der Waals surface area contributed by atoms with Crippen molar-refractivity contribution in [1.82, 2.24) is 20.4 Å². The molecule has 0 aromatic heterocycles. The third-order valence-electron chi connectivity index (χ3n) is 13.4. The fraction of sp³-hybridized carbons (Fsp3) is 0.862. The Morgan fingerprint density at radius 2 is 0.513 bits per heavy atom. The summed E-state index contributed by atoms with van der Waals surface area (Å²) in [6.45, 7) is 11.5. The van der Waals surface area contributed by atoms with Crippen LogP contribution in [0, 0.1) is 0 Å². The number of hydrogen-bond donors (Lipinski definition) is 2. The fourth-order valence-electron chi connectivity index (χ4n) is 8.54. The molecule has 1 rings (SSSR count). The van der Waals surface area contributed by atoms with E-state index in [1.54, 1.807) is 0 Å². The highest BCUT2D eigenvalue weighted by molar-refractivity contribution is 5.96. The number of hydrogen-bond acceptors (Lipinski definition) is 16. The van der Waals surface area contributed by atoms with Crippen molar-refractivity contribution in [2.24, 2.45) is 0 Å². The number of nitrogens with zero attached hydrogens (tertiary/aromatic N) is 2. The number of ether oxygens (including phenoxy) is 6. The summed E-state index contributed by atoms with van der Waals surface area (Å²) in [5.41, 5.74) is 0. The number of carbonyl (C=O) groups excluding carboxylic acids is 8. The first kappa shape index (κ1) is 69.7. The number of esters is 6. The summed E-state index contributed by atoms with van der Waals surface area (Å²) in [6.07, 6.45) is 26.3. The Kier molecular flexibility index (Phi) is 44.9. The van der Waals surface area contributed by atoms with Gasteiger partial charge in [0.25, 0.3) is 0 Å². The maximum Gasteiger partial charge on any atom is 0.307 e. The molecule has 2 unspecified atom stereocenters. The Morgan fingerprint density at radius 1 is 0.316 bits per heavy atom. The third kappa shape index (κ3) is 40.9. The molecule has 1 aliphatic rings. The Morgan fingerprint density at radius 3 is 0.737 bits per heavy atom. The van der Waals surface area contributed by atoms with E-state index in [2.05, 4.69) is 38.3 Å². The van der Waals surface area contributed by atoms with Crippen LogP contribution < -0.4 is 10.6 Å². The highest BCUT2D eigenvalue weighted by atomic mass is 16.6. The molecule has 1 heterocycles. The van der Waals surface area contributed by atoms with E-state index in [9.17, 15) is 38.4 Å². The molecule has 76 heavy (non-hydrogen) atoms. The molecule has 18 heteroatoms. The number of piperazine rings is 1. The first-order chi connectivity index (χ1) is 36.9. The van der Waals surface area contributed by atoms with Crippen LogP contribution in [0.2, 0.25) is 0 Å². The van der Waals surface area contributed by atoms with E-state index < -0.39 is 35.8 Å². The smallest absolute Gasteiger partial charge is 0.307 e. The van der Waals surface area contributed by atoms with Gasteiger partial charge in [-0.2, -0.15) is 0 Å². The lowest BCUT2D eigenvalue weighted by molar-refractivity contribution is -0.148. The minimum absolute atomic E-state index is 0.0242. The molecule has 0 bridgehead atoms. The highest BCUT2D eigenvalue weighted by Crippen LogP contribution is 2.12. The molecule has 0 radical (unpaired) electrons. The standard InChI is InChI=1S/C58H104N4O14/c1-5-9-13-17-21-25-43-71-51(63)29-37-61(38-30-52(64)72-44-26-22-18-14-10-6-2)41-33-55(67)75-47-35-49-57(69)60-50(58(70)59-49)36-48-76-56(68)34-42-62(39-31-53(65)73-45-27-23-19-15-11-7-3)40-32-54(66)74-46-28-24-20-16-12-8-4/h49-50H,5-48H2,1-4H3,(H,59,70)(H,60,69). The van der Waals surface area contributed by atoms with Crippen molar-refractivity contribution < 1.29 is 66.8 Å². The van der Waals surface area contributed by atoms with Gasteiger partial charge in [-0.05, 0) is 25.7 Å². The van der Waals surface area contributed by atoms with E-state index in [1.165, 1.54) is 77.0 Å². The van der Waals surface area contributed by atoms with Crippen LogP contribution in [0.15, 0.2) is 0 Å². The average Bonchev–Trinajstić information content (AvgIpc) is 3.40. The Bertz CT molecular complexity index is 1390. The summed E-state index contributed by atoms with van der Waals surface area (Å²) < 4.78 is 32.6. The predicted octanol–water partition coefficient (Wildman–Crippen LogP) is 9.40. The van der Waals surface area contributed by atoms with Gasteiger partial charge in [-0.15, -0.1) is 0 Å². The fourth-order valence-corrected chi connectivity index (χ4v) is 8.54. The molecular formula is C58H104N4O14. The van der Waals surface area contributed by atoms with Crippen LogP contribution in [0.1, 0.15) is 233 Å². The van der Waals surface area contributed by atoms with Gasteiger partial charge in [0.05, 0.1) is 78.2 Å². The Hall–Kier alpha value is -4.32. The summed E-state index contributed by atoms with van der Waals surface area (Å²) in [7, 11) is 0. The molecule has 18 nitrogen and oxygen atoms in total. The first-order valence-electron chi connectivity index (χ1n) is 29.9. The lowest BCUT2D eigenvalue weighted by Crippen LogP contribution is -2.62. The molecule has 1 saturated heterocycles. The molecule has 2 amide bonds. The van der Waals surface area contributed by atoms with Crippen LogP contribution in [0.5, 0.6) is 0 Å². The summed E-state index contributed by atoms with van der Waals surface area (Å²) >= 11 is 0. The summed E-state index contributed by atoms with van der Waals surface area (Å²) in [6, 6.07) is -1.88. The van der Waals surface area contributed by atoms with Crippen molar-refractivity contribution in [1.29, 1.82) is 0 Å². The molecule has 440 valence electrons. The van der Waals surface area contributed by atoms with Gasteiger partial charge in [0, 0.05) is 52.1 Å². The third-order valence-corrected chi connectivity index (χ3v) is 13.4. The molecule has 1 aliphatic heterocycles. The van der Waals surface area contributed by atoms with Crippen molar-refractivity contribution in [3.8, 4) is 0 Å². The topological polar surface area (TPSA) is 222 Å². The van der Waals surface area contributed by atoms with Crippen molar-refractivity contribution >= 4 is 47.6 Å². The zero-order chi connectivity index (χ0) is 55.7. The van der Waals surface area contributed by atoms with Gasteiger partial charge in [-0.1, -0.05) is 156 Å². The number of carbonyl (C=O) groups is 8.